The van der Waals surface area contributed by atoms with Gasteiger partial charge in [-0.25, -0.2) is 5.43 Å². The topological polar surface area (TPSA) is 94.5 Å². The van der Waals surface area contributed by atoms with Gasteiger partial charge in [-0.05, 0) is 60.0 Å². The number of fused-ring (bicyclic) bond motifs is 1. The zero-order valence-electron chi connectivity index (χ0n) is 21.4. The Balaban J connectivity index is 1.20. The van der Waals surface area contributed by atoms with Crippen molar-refractivity contribution in [2.24, 2.45) is 5.10 Å². The Morgan fingerprint density at radius 3 is 2.38 bits per heavy atom. The van der Waals surface area contributed by atoms with E-state index in [9.17, 15) is 14.7 Å². The highest BCUT2D eigenvalue weighted by atomic mass is 35.5. The zero-order valence-corrected chi connectivity index (χ0v) is 22.9. The lowest BCUT2D eigenvalue weighted by Crippen LogP contribution is -2.50. The van der Waals surface area contributed by atoms with Gasteiger partial charge in [0, 0.05) is 53.4 Å². The van der Waals surface area contributed by atoms with Crippen LogP contribution in [0.25, 0.3) is 10.8 Å². The number of halogens is 2. The third kappa shape index (κ3) is 6.30. The molecule has 0 aliphatic carbocycles. The van der Waals surface area contributed by atoms with E-state index in [1.165, 1.54) is 24.4 Å². The van der Waals surface area contributed by atoms with Crippen LogP contribution in [-0.4, -0.2) is 60.8 Å². The molecule has 2 N–H and O–H groups in total. The minimum absolute atomic E-state index is 0.0659. The lowest BCUT2D eigenvalue weighted by atomic mass is 10.0. The van der Waals surface area contributed by atoms with E-state index < -0.39 is 5.91 Å². The lowest BCUT2D eigenvalue weighted by molar-refractivity contribution is -0.133. The Hall–Kier alpha value is -4.27. The third-order valence-corrected chi connectivity index (χ3v) is 7.23. The van der Waals surface area contributed by atoms with E-state index >= 15 is 0 Å². The smallest absolute Gasteiger partial charge is 0.271 e. The molecule has 10 heteroatoms. The second-order valence-electron chi connectivity index (χ2n) is 9.20. The molecule has 204 valence electrons. The number of benzene rings is 4. The van der Waals surface area contributed by atoms with Crippen molar-refractivity contribution in [1.82, 2.24) is 10.3 Å². The molecule has 5 rings (SSSR count). The fourth-order valence-electron chi connectivity index (χ4n) is 4.50. The molecular formula is C30H26Cl2N4O4. The molecule has 2 amide bonds. The van der Waals surface area contributed by atoms with Gasteiger partial charge in [0.25, 0.3) is 11.8 Å². The number of phenols is 1. The minimum Gasteiger partial charge on any atom is -0.506 e. The van der Waals surface area contributed by atoms with Crippen LogP contribution >= 0.6 is 23.2 Å². The molecule has 40 heavy (non-hydrogen) atoms. The standard InChI is InChI=1S/C30H26Cl2N4O4/c31-22-7-9-23(10-8-22)35-13-15-36(16-14-35)29(38)19-40-28-12-6-21(24-3-1-2-4-25(24)28)18-33-34-30(39)20-5-11-27(37)26(32)17-20/h1-12,17-18,37H,13-16,19H2,(H,34,39). The molecular weight excluding hydrogens is 551 g/mol. The average molecular weight is 577 g/mol. The van der Waals surface area contributed by atoms with Crippen molar-refractivity contribution in [2.45, 2.75) is 0 Å². The number of hydrogen-bond donors (Lipinski definition) is 2. The average Bonchev–Trinajstić information content (AvgIpc) is 2.98. The van der Waals surface area contributed by atoms with Crippen LogP contribution in [0.1, 0.15) is 15.9 Å². The molecule has 0 unspecified atom stereocenters. The second kappa shape index (κ2) is 12.3. The highest BCUT2D eigenvalue weighted by Crippen LogP contribution is 2.28. The fourth-order valence-corrected chi connectivity index (χ4v) is 4.81. The number of aromatic hydroxyl groups is 1. The number of nitrogens with one attached hydrogen (secondary N) is 1. The summed E-state index contributed by atoms with van der Waals surface area (Å²) in [5.41, 5.74) is 4.58. The first kappa shape index (κ1) is 27.3. The number of hydrazone groups is 1. The molecule has 1 fully saturated rings. The molecule has 0 aromatic heterocycles. The Kier molecular flexibility index (Phi) is 8.38. The first-order valence-corrected chi connectivity index (χ1v) is 13.4. The molecule has 1 aliphatic rings. The van der Waals surface area contributed by atoms with Gasteiger partial charge in [0.15, 0.2) is 6.61 Å². The maximum absolute atomic E-state index is 12.9. The molecule has 0 radical (unpaired) electrons. The SMILES string of the molecule is O=C(NN=Cc1ccc(OCC(=O)N2CCN(c3ccc(Cl)cc3)CC2)c2ccccc12)c1ccc(O)c(Cl)c1. The van der Waals surface area contributed by atoms with E-state index in [0.717, 1.165) is 35.1 Å². The number of carbonyl (C=O) groups excluding carboxylic acids is 2. The summed E-state index contributed by atoms with van der Waals surface area (Å²) in [6.07, 6.45) is 1.54. The van der Waals surface area contributed by atoms with Crippen LogP contribution in [0, 0.1) is 0 Å². The van der Waals surface area contributed by atoms with E-state index in [-0.39, 0.29) is 28.8 Å². The van der Waals surface area contributed by atoms with Gasteiger partial charge in [-0.15, -0.1) is 0 Å². The van der Waals surface area contributed by atoms with Gasteiger partial charge in [-0.3, -0.25) is 9.59 Å². The van der Waals surface area contributed by atoms with Crippen LogP contribution in [0.2, 0.25) is 10.0 Å². The van der Waals surface area contributed by atoms with Crippen molar-refractivity contribution in [3.63, 3.8) is 0 Å². The normalized spacial score (nSPS) is 13.6. The van der Waals surface area contributed by atoms with Crippen LogP contribution in [-0.2, 0) is 4.79 Å². The molecule has 0 spiro atoms. The van der Waals surface area contributed by atoms with Gasteiger partial charge in [0.1, 0.15) is 11.5 Å². The first-order valence-electron chi connectivity index (χ1n) is 12.6. The van der Waals surface area contributed by atoms with Gasteiger partial charge >= 0.3 is 0 Å². The summed E-state index contributed by atoms with van der Waals surface area (Å²) in [5.74, 6) is -0.0463. The molecule has 0 bridgehead atoms. The number of carbonyl (C=O) groups is 2. The predicted molar refractivity (Wildman–Crippen MR) is 158 cm³/mol. The number of rotatable bonds is 7. The molecule has 4 aromatic carbocycles. The molecule has 0 saturated carbocycles. The summed E-state index contributed by atoms with van der Waals surface area (Å²) < 4.78 is 5.97. The van der Waals surface area contributed by atoms with E-state index in [0.29, 0.717) is 23.9 Å². The number of nitrogens with zero attached hydrogens (tertiary/aromatic N) is 3. The van der Waals surface area contributed by atoms with Gasteiger partial charge in [0.05, 0.1) is 11.2 Å². The maximum Gasteiger partial charge on any atom is 0.271 e. The van der Waals surface area contributed by atoms with Crippen LogP contribution in [0.15, 0.2) is 84.0 Å². The summed E-state index contributed by atoms with van der Waals surface area (Å²) in [6, 6.07) is 23.1. The van der Waals surface area contributed by atoms with Crippen LogP contribution in [0.3, 0.4) is 0 Å². The number of amides is 2. The van der Waals surface area contributed by atoms with Crippen molar-refractivity contribution in [2.75, 3.05) is 37.7 Å². The Labute approximate surface area is 241 Å². The van der Waals surface area contributed by atoms with E-state index in [2.05, 4.69) is 15.4 Å². The van der Waals surface area contributed by atoms with Crippen molar-refractivity contribution in [3.05, 3.63) is 100 Å². The molecule has 8 nitrogen and oxygen atoms in total. The number of phenolic OH excluding ortho intramolecular Hbond substituents is 1. The van der Waals surface area contributed by atoms with Gasteiger partial charge in [-0.1, -0.05) is 47.5 Å². The fraction of sp³-hybridized carbons (Fsp3) is 0.167. The maximum atomic E-state index is 12.9. The number of anilines is 1. The van der Waals surface area contributed by atoms with Crippen molar-refractivity contribution in [1.29, 1.82) is 0 Å². The molecule has 1 aliphatic heterocycles. The molecule has 1 heterocycles. The summed E-state index contributed by atoms with van der Waals surface area (Å²) in [6.45, 7) is 2.64. The highest BCUT2D eigenvalue weighted by molar-refractivity contribution is 6.32. The van der Waals surface area contributed by atoms with Crippen molar-refractivity contribution >= 4 is 57.7 Å². The third-order valence-electron chi connectivity index (χ3n) is 6.67. The summed E-state index contributed by atoms with van der Waals surface area (Å²) in [4.78, 5) is 29.3. The monoisotopic (exact) mass is 576 g/mol. The molecule has 0 atom stereocenters. The van der Waals surface area contributed by atoms with Crippen molar-refractivity contribution in [3.8, 4) is 11.5 Å². The minimum atomic E-state index is -0.463. The van der Waals surface area contributed by atoms with E-state index in [1.54, 1.807) is 6.07 Å². The van der Waals surface area contributed by atoms with Crippen LogP contribution in [0.4, 0.5) is 5.69 Å². The quantitative estimate of drug-likeness (QED) is 0.228. The number of ether oxygens (including phenoxy) is 1. The summed E-state index contributed by atoms with van der Waals surface area (Å²) >= 11 is 11.9. The summed E-state index contributed by atoms with van der Waals surface area (Å²) in [5, 5.41) is 16.1. The Morgan fingerprint density at radius 2 is 1.65 bits per heavy atom. The first-order chi connectivity index (χ1) is 19.4. The number of hydrogen-bond acceptors (Lipinski definition) is 6. The molecule has 4 aromatic rings. The Morgan fingerprint density at radius 1 is 0.925 bits per heavy atom. The van der Waals surface area contributed by atoms with Gasteiger partial charge in [-0.2, -0.15) is 5.10 Å². The van der Waals surface area contributed by atoms with E-state index in [1.807, 2.05) is 59.5 Å². The second-order valence-corrected chi connectivity index (χ2v) is 10.0. The largest absolute Gasteiger partial charge is 0.506 e. The van der Waals surface area contributed by atoms with Gasteiger partial charge < -0.3 is 19.6 Å². The Bertz CT molecular complexity index is 1570. The van der Waals surface area contributed by atoms with E-state index in [4.69, 9.17) is 27.9 Å². The summed E-state index contributed by atoms with van der Waals surface area (Å²) in [7, 11) is 0. The number of piperazine rings is 1. The molecule has 1 saturated heterocycles. The predicted octanol–water partition coefficient (Wildman–Crippen LogP) is 5.34. The zero-order chi connectivity index (χ0) is 28.1. The van der Waals surface area contributed by atoms with Crippen LogP contribution in [0.5, 0.6) is 11.5 Å². The van der Waals surface area contributed by atoms with Gasteiger partial charge in [0.2, 0.25) is 0 Å². The lowest BCUT2D eigenvalue weighted by Gasteiger charge is -2.36. The highest BCUT2D eigenvalue weighted by Gasteiger charge is 2.22. The van der Waals surface area contributed by atoms with Crippen LogP contribution < -0.4 is 15.1 Å². The van der Waals surface area contributed by atoms with Crippen molar-refractivity contribution < 1.29 is 19.4 Å².